The van der Waals surface area contributed by atoms with Crippen LogP contribution in [0.5, 0.6) is 0 Å². The zero-order chi connectivity index (χ0) is 10.8. The summed E-state index contributed by atoms with van der Waals surface area (Å²) < 4.78 is 1.93. The molecule has 0 aliphatic rings. The van der Waals surface area contributed by atoms with E-state index in [2.05, 4.69) is 9.97 Å². The molecule has 0 aromatic carbocycles. The molecule has 0 unspecified atom stereocenters. The van der Waals surface area contributed by atoms with Crippen LogP contribution in [0.1, 0.15) is 24.4 Å². The van der Waals surface area contributed by atoms with E-state index in [4.69, 9.17) is 5.73 Å². The third kappa shape index (κ3) is 2.16. The van der Waals surface area contributed by atoms with E-state index in [1.54, 1.807) is 12.5 Å². The van der Waals surface area contributed by atoms with Gasteiger partial charge in [-0.3, -0.25) is 4.79 Å². The van der Waals surface area contributed by atoms with E-state index < -0.39 is 0 Å². The largest absolute Gasteiger partial charge is 0.327 e. The van der Waals surface area contributed by atoms with Crippen LogP contribution in [0.2, 0.25) is 0 Å². The van der Waals surface area contributed by atoms with E-state index in [0.717, 1.165) is 22.7 Å². The molecule has 5 nitrogen and oxygen atoms in total. The Bertz CT molecular complexity index is 496. The normalized spacial score (nSPS) is 12.9. The Labute approximate surface area is 90.6 Å². The number of hydrogen-bond donors (Lipinski definition) is 2. The molecular weight excluding hydrogens is 212 g/mol. The molecular formula is C9H12N4OS. The van der Waals surface area contributed by atoms with Crippen molar-refractivity contribution in [2.45, 2.75) is 19.5 Å². The van der Waals surface area contributed by atoms with Crippen LogP contribution in [0.25, 0.3) is 0 Å². The van der Waals surface area contributed by atoms with Gasteiger partial charge in [-0.2, -0.15) is 0 Å². The Morgan fingerprint density at radius 3 is 3.13 bits per heavy atom. The first-order valence-corrected chi connectivity index (χ1v) is 5.47. The molecule has 2 rings (SSSR count). The zero-order valence-electron chi connectivity index (χ0n) is 8.30. The SMILES string of the molecule is C[C@@H](N)c1cncn1Cc1csc(=O)[nH]1. The molecule has 80 valence electrons. The molecule has 0 saturated carbocycles. The Kier molecular flexibility index (Phi) is 2.70. The summed E-state index contributed by atoms with van der Waals surface area (Å²) in [6.07, 6.45) is 3.46. The molecule has 3 N–H and O–H groups in total. The van der Waals surface area contributed by atoms with Gasteiger partial charge in [0.1, 0.15) is 0 Å². The van der Waals surface area contributed by atoms with Gasteiger partial charge in [0.15, 0.2) is 0 Å². The number of nitrogens with one attached hydrogen (secondary N) is 1. The highest BCUT2D eigenvalue weighted by Gasteiger charge is 2.07. The van der Waals surface area contributed by atoms with Crippen molar-refractivity contribution in [3.05, 3.63) is 39.0 Å². The number of hydrogen-bond acceptors (Lipinski definition) is 4. The van der Waals surface area contributed by atoms with Gasteiger partial charge in [0.2, 0.25) is 0 Å². The summed E-state index contributed by atoms with van der Waals surface area (Å²) in [6.45, 7) is 2.51. The van der Waals surface area contributed by atoms with E-state index in [9.17, 15) is 4.79 Å². The highest BCUT2D eigenvalue weighted by atomic mass is 32.1. The summed E-state index contributed by atoms with van der Waals surface area (Å²) in [6, 6.07) is -0.0575. The van der Waals surface area contributed by atoms with Crippen LogP contribution in [0, 0.1) is 0 Å². The number of nitrogens with zero attached hydrogens (tertiary/aromatic N) is 2. The molecule has 0 amide bonds. The third-order valence-electron chi connectivity index (χ3n) is 2.12. The summed E-state index contributed by atoms with van der Waals surface area (Å²) in [4.78, 5) is 17.7. The van der Waals surface area contributed by atoms with E-state index >= 15 is 0 Å². The Morgan fingerprint density at radius 2 is 2.53 bits per heavy atom. The van der Waals surface area contributed by atoms with Crippen molar-refractivity contribution in [1.82, 2.24) is 14.5 Å². The monoisotopic (exact) mass is 224 g/mol. The molecule has 0 aliphatic heterocycles. The number of imidazole rings is 1. The van der Waals surface area contributed by atoms with Crippen molar-refractivity contribution < 1.29 is 0 Å². The van der Waals surface area contributed by atoms with Gasteiger partial charge in [-0.1, -0.05) is 11.3 Å². The smallest absolute Gasteiger partial charge is 0.304 e. The minimum atomic E-state index is -0.0575. The van der Waals surface area contributed by atoms with Gasteiger partial charge in [0.25, 0.3) is 0 Å². The standard InChI is InChI=1S/C9H12N4OS/c1-6(10)8-2-11-5-13(8)3-7-4-15-9(14)12-7/h2,4-6H,3,10H2,1H3,(H,12,14)/t6-/m1/s1. The molecule has 15 heavy (non-hydrogen) atoms. The van der Waals surface area contributed by atoms with E-state index in [1.807, 2.05) is 16.9 Å². The highest BCUT2D eigenvalue weighted by Crippen LogP contribution is 2.10. The van der Waals surface area contributed by atoms with Gasteiger partial charge in [0, 0.05) is 23.3 Å². The topological polar surface area (TPSA) is 76.7 Å². The van der Waals surface area contributed by atoms with Crippen molar-refractivity contribution in [3.63, 3.8) is 0 Å². The Hall–Kier alpha value is -1.40. The lowest BCUT2D eigenvalue weighted by Gasteiger charge is -2.09. The fraction of sp³-hybridized carbons (Fsp3) is 0.333. The first kappa shape index (κ1) is 10.1. The highest BCUT2D eigenvalue weighted by molar-refractivity contribution is 7.07. The van der Waals surface area contributed by atoms with Gasteiger partial charge < -0.3 is 15.3 Å². The lowest BCUT2D eigenvalue weighted by Crippen LogP contribution is -2.12. The maximum Gasteiger partial charge on any atom is 0.304 e. The molecule has 6 heteroatoms. The number of aromatic amines is 1. The van der Waals surface area contributed by atoms with Crippen LogP contribution in [-0.4, -0.2) is 14.5 Å². The molecule has 0 bridgehead atoms. The minimum Gasteiger partial charge on any atom is -0.327 e. The molecule has 0 radical (unpaired) electrons. The fourth-order valence-electron chi connectivity index (χ4n) is 1.42. The third-order valence-corrected chi connectivity index (χ3v) is 2.84. The van der Waals surface area contributed by atoms with Gasteiger partial charge >= 0.3 is 4.87 Å². The van der Waals surface area contributed by atoms with Crippen molar-refractivity contribution >= 4 is 11.3 Å². The number of aromatic nitrogens is 3. The van der Waals surface area contributed by atoms with Crippen molar-refractivity contribution in [2.75, 3.05) is 0 Å². The second-order valence-electron chi connectivity index (χ2n) is 3.41. The van der Waals surface area contributed by atoms with Crippen LogP contribution in [0.15, 0.2) is 22.7 Å². The Morgan fingerprint density at radius 1 is 1.73 bits per heavy atom. The van der Waals surface area contributed by atoms with Gasteiger partial charge in [0.05, 0.1) is 18.6 Å². The lowest BCUT2D eigenvalue weighted by atomic mass is 10.2. The van der Waals surface area contributed by atoms with Crippen LogP contribution in [0.4, 0.5) is 0 Å². The summed E-state index contributed by atoms with van der Waals surface area (Å²) in [5, 5.41) is 1.81. The second kappa shape index (κ2) is 4.00. The average molecular weight is 224 g/mol. The lowest BCUT2D eigenvalue weighted by molar-refractivity contribution is 0.667. The maximum absolute atomic E-state index is 11.0. The van der Waals surface area contributed by atoms with Crippen molar-refractivity contribution in [3.8, 4) is 0 Å². The first-order valence-electron chi connectivity index (χ1n) is 4.59. The molecule has 0 spiro atoms. The first-order chi connectivity index (χ1) is 7.16. The molecule has 2 aromatic heterocycles. The van der Waals surface area contributed by atoms with Gasteiger partial charge in [-0.05, 0) is 6.92 Å². The zero-order valence-corrected chi connectivity index (χ0v) is 9.12. The van der Waals surface area contributed by atoms with Gasteiger partial charge in [-0.25, -0.2) is 4.98 Å². The number of H-pyrrole nitrogens is 1. The molecule has 0 aliphatic carbocycles. The maximum atomic E-state index is 11.0. The number of rotatable bonds is 3. The fourth-order valence-corrected chi connectivity index (χ4v) is 1.99. The molecule has 2 aromatic rings. The van der Waals surface area contributed by atoms with Crippen LogP contribution >= 0.6 is 11.3 Å². The average Bonchev–Trinajstić information content (AvgIpc) is 2.75. The summed E-state index contributed by atoms with van der Waals surface area (Å²) >= 11 is 1.16. The van der Waals surface area contributed by atoms with Crippen LogP contribution in [-0.2, 0) is 6.54 Å². The van der Waals surface area contributed by atoms with Crippen LogP contribution < -0.4 is 10.6 Å². The summed E-state index contributed by atoms with van der Waals surface area (Å²) in [7, 11) is 0. The number of thiazole rings is 1. The second-order valence-corrected chi connectivity index (χ2v) is 4.25. The predicted molar refractivity (Wildman–Crippen MR) is 58.9 cm³/mol. The summed E-state index contributed by atoms with van der Waals surface area (Å²) in [5.41, 5.74) is 7.63. The molecule has 0 fully saturated rings. The van der Waals surface area contributed by atoms with Gasteiger partial charge in [-0.15, -0.1) is 0 Å². The number of nitrogens with two attached hydrogens (primary N) is 1. The Balaban J connectivity index is 2.24. The molecule has 2 heterocycles. The molecule has 1 atom stereocenters. The van der Waals surface area contributed by atoms with Crippen molar-refractivity contribution in [2.24, 2.45) is 5.73 Å². The molecule has 0 saturated heterocycles. The van der Waals surface area contributed by atoms with E-state index in [-0.39, 0.29) is 10.9 Å². The van der Waals surface area contributed by atoms with Crippen LogP contribution in [0.3, 0.4) is 0 Å². The quantitative estimate of drug-likeness (QED) is 0.805. The minimum absolute atomic E-state index is 0.0348. The van der Waals surface area contributed by atoms with E-state index in [1.165, 1.54) is 0 Å². The van der Waals surface area contributed by atoms with E-state index in [0.29, 0.717) is 6.54 Å². The van der Waals surface area contributed by atoms with Crippen molar-refractivity contribution in [1.29, 1.82) is 0 Å². The summed E-state index contributed by atoms with van der Waals surface area (Å²) in [5.74, 6) is 0. The predicted octanol–water partition coefficient (Wildman–Crippen LogP) is 0.701.